The van der Waals surface area contributed by atoms with Crippen molar-refractivity contribution in [1.82, 2.24) is 0 Å². The summed E-state index contributed by atoms with van der Waals surface area (Å²) < 4.78 is 18.7. The monoisotopic (exact) mass is 289 g/mol. The lowest BCUT2D eigenvalue weighted by molar-refractivity contribution is 0.608. The first-order valence-corrected chi connectivity index (χ1v) is 6.21. The predicted octanol–water partition coefficient (Wildman–Crippen LogP) is 3.83. The largest absolute Gasteiger partial charge is 0.456 e. The quantitative estimate of drug-likeness (QED) is 0.693. The van der Waals surface area contributed by atoms with E-state index in [9.17, 15) is 9.18 Å². The Balaban J connectivity index is 2.24. The molecule has 0 fully saturated rings. The Morgan fingerprint density at radius 3 is 2.65 bits per heavy atom. The summed E-state index contributed by atoms with van der Waals surface area (Å²) >= 11 is 5.85. The Bertz CT molecular complexity index is 873. The van der Waals surface area contributed by atoms with Gasteiger partial charge in [0, 0.05) is 11.6 Å². The number of nitrogen functional groups attached to an aromatic ring is 1. The van der Waals surface area contributed by atoms with Crippen LogP contribution >= 0.6 is 11.6 Å². The summed E-state index contributed by atoms with van der Waals surface area (Å²) in [6, 6.07) is 10.1. The van der Waals surface area contributed by atoms with Crippen molar-refractivity contribution in [3.63, 3.8) is 0 Å². The molecule has 0 aliphatic heterocycles. The summed E-state index contributed by atoms with van der Waals surface area (Å²) in [5.74, 6) is -0.120. The molecular weight excluding hydrogens is 281 g/mol. The number of hydrogen-bond acceptors (Lipinski definition) is 3. The highest BCUT2D eigenvalue weighted by Crippen LogP contribution is 2.27. The average molecular weight is 290 g/mol. The second kappa shape index (κ2) is 4.65. The van der Waals surface area contributed by atoms with Crippen molar-refractivity contribution in [1.29, 1.82) is 0 Å². The number of benzene rings is 2. The molecule has 0 saturated heterocycles. The van der Waals surface area contributed by atoms with Gasteiger partial charge in [0.15, 0.2) is 5.43 Å². The molecule has 3 nitrogen and oxygen atoms in total. The summed E-state index contributed by atoms with van der Waals surface area (Å²) in [4.78, 5) is 12.0. The second-order valence-electron chi connectivity index (χ2n) is 4.35. The third kappa shape index (κ3) is 2.14. The normalized spacial score (nSPS) is 10.9. The molecule has 100 valence electrons. The third-order valence-electron chi connectivity index (χ3n) is 2.97. The molecule has 5 heteroatoms. The van der Waals surface area contributed by atoms with Crippen molar-refractivity contribution in [2.45, 2.75) is 0 Å². The molecule has 3 rings (SSSR count). The van der Waals surface area contributed by atoms with E-state index in [1.807, 2.05) is 0 Å². The molecule has 3 aromatic rings. The molecule has 1 aromatic heterocycles. The van der Waals surface area contributed by atoms with Crippen molar-refractivity contribution >= 4 is 28.3 Å². The molecule has 2 N–H and O–H groups in total. The second-order valence-corrected chi connectivity index (χ2v) is 4.76. The first kappa shape index (κ1) is 12.7. The lowest BCUT2D eigenvalue weighted by atomic mass is 10.1. The van der Waals surface area contributed by atoms with E-state index in [1.165, 1.54) is 18.2 Å². The maximum atomic E-state index is 13.1. The Morgan fingerprint density at radius 2 is 1.90 bits per heavy atom. The fraction of sp³-hybridized carbons (Fsp3) is 0. The van der Waals surface area contributed by atoms with Gasteiger partial charge in [-0.1, -0.05) is 11.6 Å². The van der Waals surface area contributed by atoms with E-state index in [4.69, 9.17) is 21.8 Å². The number of halogens is 2. The highest BCUT2D eigenvalue weighted by atomic mass is 35.5. The number of fused-ring (bicyclic) bond motifs is 1. The SMILES string of the molecule is Nc1cc(-c2cc(=O)c3cc(F)ccc3o2)ccc1Cl. The Kier molecular flexibility index (Phi) is 2.95. The van der Waals surface area contributed by atoms with Crippen LogP contribution in [-0.2, 0) is 0 Å². The Hall–Kier alpha value is -2.33. The number of nitrogens with two attached hydrogens (primary N) is 1. The van der Waals surface area contributed by atoms with E-state index >= 15 is 0 Å². The highest BCUT2D eigenvalue weighted by molar-refractivity contribution is 6.33. The van der Waals surface area contributed by atoms with Gasteiger partial charge in [0.2, 0.25) is 0 Å². The molecular formula is C15H9ClFNO2. The summed E-state index contributed by atoms with van der Waals surface area (Å²) in [5.41, 5.74) is 6.77. The zero-order chi connectivity index (χ0) is 14.3. The van der Waals surface area contributed by atoms with Crippen LogP contribution in [0.1, 0.15) is 0 Å². The average Bonchev–Trinajstić information content (AvgIpc) is 2.42. The van der Waals surface area contributed by atoms with Crippen LogP contribution in [0.4, 0.5) is 10.1 Å². The van der Waals surface area contributed by atoms with Crippen molar-refractivity contribution < 1.29 is 8.81 Å². The molecule has 0 spiro atoms. The van der Waals surface area contributed by atoms with Gasteiger partial charge in [-0.25, -0.2) is 4.39 Å². The van der Waals surface area contributed by atoms with Gasteiger partial charge < -0.3 is 10.2 Å². The molecule has 0 aliphatic rings. The smallest absolute Gasteiger partial charge is 0.193 e. The van der Waals surface area contributed by atoms with Crippen molar-refractivity contribution in [2.24, 2.45) is 0 Å². The Morgan fingerprint density at radius 1 is 1.10 bits per heavy atom. The van der Waals surface area contributed by atoms with Gasteiger partial charge in [0.25, 0.3) is 0 Å². The predicted molar refractivity (Wildman–Crippen MR) is 77.3 cm³/mol. The summed E-state index contributed by atoms with van der Waals surface area (Å²) in [6.07, 6.45) is 0. The lowest BCUT2D eigenvalue weighted by Crippen LogP contribution is -2.01. The van der Waals surface area contributed by atoms with Gasteiger partial charge in [0.1, 0.15) is 17.2 Å². The summed E-state index contributed by atoms with van der Waals surface area (Å²) in [5, 5.41) is 0.634. The van der Waals surface area contributed by atoms with Crippen LogP contribution in [0.25, 0.3) is 22.3 Å². The number of anilines is 1. The minimum Gasteiger partial charge on any atom is -0.456 e. The number of rotatable bonds is 1. The van der Waals surface area contributed by atoms with Crippen LogP contribution in [-0.4, -0.2) is 0 Å². The minimum atomic E-state index is -0.478. The maximum absolute atomic E-state index is 13.1. The van der Waals surface area contributed by atoms with Crippen molar-refractivity contribution in [3.05, 3.63) is 63.5 Å². The van der Waals surface area contributed by atoms with Gasteiger partial charge in [-0.15, -0.1) is 0 Å². The Labute approximate surface area is 118 Å². The maximum Gasteiger partial charge on any atom is 0.193 e. The van der Waals surface area contributed by atoms with Crippen LogP contribution in [0.2, 0.25) is 5.02 Å². The summed E-state index contributed by atoms with van der Waals surface area (Å²) in [6.45, 7) is 0. The molecule has 0 atom stereocenters. The van der Waals surface area contributed by atoms with E-state index in [0.29, 0.717) is 27.6 Å². The van der Waals surface area contributed by atoms with Crippen LogP contribution < -0.4 is 11.2 Å². The van der Waals surface area contributed by atoms with Gasteiger partial charge in [-0.2, -0.15) is 0 Å². The van der Waals surface area contributed by atoms with E-state index < -0.39 is 5.82 Å². The minimum absolute atomic E-state index is 0.204. The molecule has 0 aliphatic carbocycles. The molecule has 0 unspecified atom stereocenters. The first-order valence-electron chi connectivity index (χ1n) is 5.83. The van der Waals surface area contributed by atoms with Crippen molar-refractivity contribution in [2.75, 3.05) is 5.73 Å². The summed E-state index contributed by atoms with van der Waals surface area (Å²) in [7, 11) is 0. The van der Waals surface area contributed by atoms with Gasteiger partial charge in [-0.05, 0) is 36.4 Å². The van der Waals surface area contributed by atoms with E-state index in [0.717, 1.165) is 6.07 Å². The standard InChI is InChI=1S/C15H9ClFNO2/c16-11-3-1-8(5-12(11)18)15-7-13(19)10-6-9(17)2-4-14(10)20-15/h1-7H,18H2. The van der Waals surface area contributed by atoms with Crippen molar-refractivity contribution in [3.8, 4) is 11.3 Å². The third-order valence-corrected chi connectivity index (χ3v) is 3.31. The lowest BCUT2D eigenvalue weighted by Gasteiger charge is -2.05. The fourth-order valence-electron chi connectivity index (χ4n) is 1.97. The highest BCUT2D eigenvalue weighted by Gasteiger charge is 2.09. The van der Waals surface area contributed by atoms with Crippen LogP contribution in [0.5, 0.6) is 0 Å². The van der Waals surface area contributed by atoms with Gasteiger partial charge in [0.05, 0.1) is 16.1 Å². The topological polar surface area (TPSA) is 56.2 Å². The van der Waals surface area contributed by atoms with Gasteiger partial charge in [-0.3, -0.25) is 4.79 Å². The van der Waals surface area contributed by atoms with Gasteiger partial charge >= 0.3 is 0 Å². The fourth-order valence-corrected chi connectivity index (χ4v) is 2.09. The zero-order valence-corrected chi connectivity index (χ0v) is 10.9. The molecule has 1 heterocycles. The van der Waals surface area contributed by atoms with Crippen LogP contribution in [0.15, 0.2) is 51.7 Å². The van der Waals surface area contributed by atoms with Crippen LogP contribution in [0.3, 0.4) is 0 Å². The van der Waals surface area contributed by atoms with E-state index in [-0.39, 0.29) is 10.8 Å². The molecule has 0 bridgehead atoms. The first-order chi connectivity index (χ1) is 9.54. The van der Waals surface area contributed by atoms with E-state index in [2.05, 4.69) is 0 Å². The molecule has 2 aromatic carbocycles. The molecule has 0 saturated carbocycles. The number of hydrogen-bond donors (Lipinski definition) is 1. The molecule has 0 amide bonds. The molecule has 0 radical (unpaired) electrons. The van der Waals surface area contributed by atoms with E-state index in [1.54, 1.807) is 18.2 Å². The zero-order valence-electron chi connectivity index (χ0n) is 10.2. The van der Waals surface area contributed by atoms with Crippen LogP contribution in [0, 0.1) is 5.82 Å². The molecule has 20 heavy (non-hydrogen) atoms.